The smallest absolute Gasteiger partial charge is 0.150 e. The second kappa shape index (κ2) is 5.64. The Bertz CT molecular complexity index is 643. The first-order valence-electron chi connectivity index (χ1n) is 6.67. The highest BCUT2D eigenvalue weighted by atomic mass is 32.1. The predicted molar refractivity (Wildman–Crippen MR) is 80.7 cm³/mol. The van der Waals surface area contributed by atoms with Gasteiger partial charge in [0.1, 0.15) is 11.8 Å². The molecule has 3 rings (SSSR count). The van der Waals surface area contributed by atoms with Gasteiger partial charge in [-0.3, -0.25) is 0 Å². The number of furan rings is 1. The number of hydrogen-bond acceptors (Lipinski definition) is 4. The first-order chi connectivity index (χ1) is 9.81. The van der Waals surface area contributed by atoms with Gasteiger partial charge in [-0.2, -0.15) is 0 Å². The van der Waals surface area contributed by atoms with E-state index in [9.17, 15) is 0 Å². The summed E-state index contributed by atoms with van der Waals surface area (Å²) in [4.78, 5) is 5.62. The molecule has 0 bridgehead atoms. The number of hydrogen-bond donors (Lipinski definition) is 1. The molecular formula is C15H17N3OS. The fourth-order valence-corrected chi connectivity index (χ4v) is 3.10. The van der Waals surface area contributed by atoms with E-state index in [0.717, 1.165) is 22.9 Å². The maximum Gasteiger partial charge on any atom is 0.150 e. The standard InChI is InChI=1S/C15H17N3OS/c1-2-11(16)14(12-5-3-9-19-12)18-8-7-17-15(18)13-6-4-10-20-13/h3-11,14H,2,16H2,1H3. The van der Waals surface area contributed by atoms with Gasteiger partial charge in [0.15, 0.2) is 5.82 Å². The molecule has 0 amide bonds. The minimum Gasteiger partial charge on any atom is -0.467 e. The Kier molecular flexibility index (Phi) is 3.71. The van der Waals surface area contributed by atoms with E-state index in [0.29, 0.717) is 0 Å². The van der Waals surface area contributed by atoms with Crippen molar-refractivity contribution >= 4 is 11.3 Å². The first-order valence-corrected chi connectivity index (χ1v) is 7.55. The van der Waals surface area contributed by atoms with Gasteiger partial charge in [-0.15, -0.1) is 11.3 Å². The fourth-order valence-electron chi connectivity index (χ4n) is 2.37. The molecule has 2 atom stereocenters. The summed E-state index contributed by atoms with van der Waals surface area (Å²) in [5.41, 5.74) is 6.32. The molecule has 0 radical (unpaired) electrons. The average Bonchev–Trinajstić information content (AvgIpc) is 3.20. The third kappa shape index (κ3) is 2.30. The molecule has 0 aliphatic rings. The lowest BCUT2D eigenvalue weighted by Crippen LogP contribution is -2.32. The quantitative estimate of drug-likeness (QED) is 0.781. The highest BCUT2D eigenvalue weighted by Crippen LogP contribution is 2.30. The lowest BCUT2D eigenvalue weighted by Gasteiger charge is -2.24. The highest BCUT2D eigenvalue weighted by Gasteiger charge is 2.25. The molecule has 0 spiro atoms. The van der Waals surface area contributed by atoms with E-state index in [1.54, 1.807) is 17.6 Å². The van der Waals surface area contributed by atoms with Crippen LogP contribution < -0.4 is 5.73 Å². The zero-order valence-corrected chi connectivity index (χ0v) is 12.1. The average molecular weight is 287 g/mol. The van der Waals surface area contributed by atoms with Crippen molar-refractivity contribution in [2.24, 2.45) is 5.73 Å². The van der Waals surface area contributed by atoms with Crippen molar-refractivity contribution in [2.45, 2.75) is 25.4 Å². The van der Waals surface area contributed by atoms with Crippen molar-refractivity contribution < 1.29 is 4.42 Å². The van der Waals surface area contributed by atoms with E-state index < -0.39 is 0 Å². The second-order valence-corrected chi connectivity index (χ2v) is 5.62. The second-order valence-electron chi connectivity index (χ2n) is 4.67. The molecule has 0 saturated carbocycles. The van der Waals surface area contributed by atoms with Crippen molar-refractivity contribution in [1.29, 1.82) is 0 Å². The summed E-state index contributed by atoms with van der Waals surface area (Å²) < 4.78 is 7.70. The summed E-state index contributed by atoms with van der Waals surface area (Å²) in [6.07, 6.45) is 6.34. The molecule has 0 aromatic carbocycles. The van der Waals surface area contributed by atoms with Crippen LogP contribution >= 0.6 is 11.3 Å². The van der Waals surface area contributed by atoms with Crippen LogP contribution in [0.4, 0.5) is 0 Å². The zero-order valence-electron chi connectivity index (χ0n) is 11.3. The number of nitrogens with zero attached hydrogens (tertiary/aromatic N) is 2. The highest BCUT2D eigenvalue weighted by molar-refractivity contribution is 7.13. The van der Waals surface area contributed by atoms with Crippen molar-refractivity contribution in [2.75, 3.05) is 0 Å². The van der Waals surface area contributed by atoms with Crippen LogP contribution in [0.2, 0.25) is 0 Å². The lowest BCUT2D eigenvalue weighted by molar-refractivity contribution is 0.375. The lowest BCUT2D eigenvalue weighted by atomic mass is 10.0. The van der Waals surface area contributed by atoms with Crippen molar-refractivity contribution in [3.63, 3.8) is 0 Å². The minimum atomic E-state index is -0.0328. The van der Waals surface area contributed by atoms with E-state index in [4.69, 9.17) is 10.2 Å². The van der Waals surface area contributed by atoms with Gasteiger partial charge in [0.25, 0.3) is 0 Å². The van der Waals surface area contributed by atoms with Crippen LogP contribution in [0, 0.1) is 0 Å². The maximum absolute atomic E-state index is 6.32. The molecule has 0 aliphatic carbocycles. The summed E-state index contributed by atoms with van der Waals surface area (Å²) in [6.45, 7) is 2.09. The van der Waals surface area contributed by atoms with Gasteiger partial charge >= 0.3 is 0 Å². The maximum atomic E-state index is 6.32. The van der Waals surface area contributed by atoms with Crippen LogP contribution in [0.25, 0.3) is 10.7 Å². The molecule has 4 nitrogen and oxygen atoms in total. The first kappa shape index (κ1) is 13.1. The summed E-state index contributed by atoms with van der Waals surface area (Å²) in [5.74, 6) is 1.81. The van der Waals surface area contributed by atoms with Gasteiger partial charge in [0, 0.05) is 18.4 Å². The van der Waals surface area contributed by atoms with Gasteiger partial charge in [-0.25, -0.2) is 4.98 Å². The van der Waals surface area contributed by atoms with Crippen LogP contribution in [0.15, 0.2) is 52.7 Å². The summed E-state index contributed by atoms with van der Waals surface area (Å²) in [7, 11) is 0. The normalized spacial score (nSPS) is 14.3. The Morgan fingerprint density at radius 1 is 1.40 bits per heavy atom. The van der Waals surface area contributed by atoms with Gasteiger partial charge in [0.05, 0.1) is 11.1 Å². The number of imidazole rings is 1. The SMILES string of the molecule is CCC(N)C(c1ccco1)n1ccnc1-c1cccs1. The molecule has 2 N–H and O–H groups in total. The summed E-state index contributed by atoms with van der Waals surface area (Å²) in [6, 6.07) is 7.91. The number of aromatic nitrogens is 2. The minimum absolute atomic E-state index is 0.0194. The molecule has 0 fully saturated rings. The molecule has 0 aliphatic heterocycles. The molecule has 2 unspecified atom stereocenters. The molecule has 104 valence electrons. The predicted octanol–water partition coefficient (Wildman–Crippen LogP) is 3.53. The van der Waals surface area contributed by atoms with Gasteiger partial charge in [-0.05, 0) is 30.0 Å². The molecule has 3 heterocycles. The molecule has 3 aromatic heterocycles. The van der Waals surface area contributed by atoms with E-state index in [2.05, 4.69) is 27.9 Å². The Hall–Kier alpha value is -1.85. The van der Waals surface area contributed by atoms with Gasteiger partial charge in [-0.1, -0.05) is 13.0 Å². The van der Waals surface area contributed by atoms with Crippen LogP contribution in [0.1, 0.15) is 25.1 Å². The molecule has 3 aromatic rings. The van der Waals surface area contributed by atoms with Crippen LogP contribution in [-0.4, -0.2) is 15.6 Å². The summed E-state index contributed by atoms with van der Waals surface area (Å²) >= 11 is 1.67. The molecule has 0 saturated heterocycles. The van der Waals surface area contributed by atoms with Crippen LogP contribution in [-0.2, 0) is 0 Å². The summed E-state index contributed by atoms with van der Waals surface area (Å²) in [5, 5.41) is 2.05. The van der Waals surface area contributed by atoms with Crippen molar-refractivity contribution in [3.05, 3.63) is 54.1 Å². The number of thiophene rings is 1. The number of nitrogens with two attached hydrogens (primary N) is 1. The Labute approximate surface area is 121 Å². The van der Waals surface area contributed by atoms with E-state index >= 15 is 0 Å². The van der Waals surface area contributed by atoms with E-state index in [-0.39, 0.29) is 12.1 Å². The number of rotatable bonds is 5. The van der Waals surface area contributed by atoms with Crippen LogP contribution in [0.5, 0.6) is 0 Å². The van der Waals surface area contributed by atoms with Gasteiger partial charge < -0.3 is 14.7 Å². The third-order valence-corrected chi connectivity index (χ3v) is 4.29. The Morgan fingerprint density at radius 2 is 2.30 bits per heavy atom. The molecule has 20 heavy (non-hydrogen) atoms. The van der Waals surface area contributed by atoms with Crippen LogP contribution in [0.3, 0.4) is 0 Å². The van der Waals surface area contributed by atoms with Crippen molar-refractivity contribution in [3.8, 4) is 10.7 Å². The third-order valence-electron chi connectivity index (χ3n) is 3.42. The topological polar surface area (TPSA) is 57.0 Å². The van der Waals surface area contributed by atoms with Gasteiger partial charge in [0.2, 0.25) is 0 Å². The van der Waals surface area contributed by atoms with Crippen molar-refractivity contribution in [1.82, 2.24) is 9.55 Å². The monoisotopic (exact) mass is 287 g/mol. The molecule has 5 heteroatoms. The van der Waals surface area contributed by atoms with E-state index in [1.165, 1.54) is 0 Å². The fraction of sp³-hybridized carbons (Fsp3) is 0.267. The molecular weight excluding hydrogens is 270 g/mol. The van der Waals surface area contributed by atoms with E-state index in [1.807, 2.05) is 30.6 Å². The zero-order chi connectivity index (χ0) is 13.9. The Morgan fingerprint density at radius 3 is 2.95 bits per heavy atom. The Balaban J connectivity index is 2.07. The largest absolute Gasteiger partial charge is 0.467 e.